The topological polar surface area (TPSA) is 41.6 Å². The van der Waals surface area contributed by atoms with Crippen molar-refractivity contribution in [3.8, 4) is 0 Å². The number of para-hydroxylation sites is 1. The summed E-state index contributed by atoms with van der Waals surface area (Å²) < 4.78 is 6.38. The van der Waals surface area contributed by atoms with Crippen LogP contribution in [0.15, 0.2) is 53.0 Å². The van der Waals surface area contributed by atoms with Crippen LogP contribution in [0.3, 0.4) is 0 Å². The number of hydrogen-bond acceptors (Lipinski definition) is 3. The molecule has 0 radical (unpaired) electrons. The molecule has 3 rings (SSSR count). The second-order valence-electron chi connectivity index (χ2n) is 5.42. The number of amides is 1. The maximum Gasteiger partial charge on any atom is 0.251 e. The molecule has 0 unspecified atom stereocenters. The largest absolute Gasteiger partial charge is 0.378 e. The number of nitrogens with one attached hydrogen (secondary N) is 1. The second-order valence-corrected chi connectivity index (χ2v) is 6.33. The lowest BCUT2D eigenvalue weighted by Crippen LogP contribution is -2.37. The number of ether oxygens (including phenoxy) is 1. The summed E-state index contributed by atoms with van der Waals surface area (Å²) in [5.74, 6) is -0.0609. The quantitative estimate of drug-likeness (QED) is 0.893. The van der Waals surface area contributed by atoms with Gasteiger partial charge in [-0.05, 0) is 35.9 Å². The van der Waals surface area contributed by atoms with Gasteiger partial charge in [0, 0.05) is 35.4 Å². The third kappa shape index (κ3) is 4.12. The van der Waals surface area contributed by atoms with Crippen molar-refractivity contribution in [1.29, 1.82) is 0 Å². The Balaban J connectivity index is 1.68. The van der Waals surface area contributed by atoms with Crippen LogP contribution in [0, 0.1) is 0 Å². The van der Waals surface area contributed by atoms with Crippen molar-refractivity contribution in [2.24, 2.45) is 0 Å². The summed E-state index contributed by atoms with van der Waals surface area (Å²) in [4.78, 5) is 14.6. The summed E-state index contributed by atoms with van der Waals surface area (Å²) in [5, 5.41) is 3.00. The number of nitrogens with zero attached hydrogens (tertiary/aromatic N) is 1. The molecule has 0 bridgehead atoms. The zero-order valence-electron chi connectivity index (χ0n) is 12.8. The molecule has 2 aromatic rings. The Labute approximate surface area is 144 Å². The molecule has 1 aliphatic rings. The van der Waals surface area contributed by atoms with E-state index >= 15 is 0 Å². The van der Waals surface area contributed by atoms with Crippen molar-refractivity contribution in [3.05, 3.63) is 64.1 Å². The third-order valence-electron chi connectivity index (χ3n) is 3.89. The highest BCUT2D eigenvalue weighted by Gasteiger charge is 2.15. The lowest BCUT2D eigenvalue weighted by molar-refractivity contribution is 0.0950. The highest BCUT2D eigenvalue weighted by Crippen LogP contribution is 2.21. The zero-order chi connectivity index (χ0) is 16.1. The summed E-state index contributed by atoms with van der Waals surface area (Å²) in [6.07, 6.45) is 0. The molecule has 1 saturated heterocycles. The molecule has 0 aromatic heterocycles. The zero-order valence-corrected chi connectivity index (χ0v) is 14.4. The molecular weight excluding hydrogens is 356 g/mol. The van der Waals surface area contributed by atoms with E-state index in [-0.39, 0.29) is 5.91 Å². The van der Waals surface area contributed by atoms with E-state index in [1.807, 2.05) is 36.4 Å². The van der Waals surface area contributed by atoms with E-state index in [2.05, 4.69) is 38.3 Å². The molecule has 0 atom stereocenters. The Kier molecular flexibility index (Phi) is 5.31. The fourth-order valence-electron chi connectivity index (χ4n) is 2.65. The fourth-order valence-corrected chi connectivity index (χ4v) is 2.92. The maximum absolute atomic E-state index is 12.3. The van der Waals surface area contributed by atoms with Crippen LogP contribution in [0.4, 0.5) is 5.69 Å². The van der Waals surface area contributed by atoms with Gasteiger partial charge in [-0.2, -0.15) is 0 Å². The molecule has 0 spiro atoms. The van der Waals surface area contributed by atoms with Crippen molar-refractivity contribution in [2.75, 3.05) is 31.2 Å². The molecule has 1 heterocycles. The van der Waals surface area contributed by atoms with Gasteiger partial charge in [-0.1, -0.05) is 34.1 Å². The Morgan fingerprint density at radius 2 is 1.78 bits per heavy atom. The van der Waals surface area contributed by atoms with Crippen LogP contribution in [-0.2, 0) is 11.3 Å². The Morgan fingerprint density at radius 3 is 2.52 bits per heavy atom. The first kappa shape index (κ1) is 16.0. The summed E-state index contributed by atoms with van der Waals surface area (Å²) >= 11 is 3.38. The summed E-state index contributed by atoms with van der Waals surface area (Å²) in [6, 6.07) is 15.6. The van der Waals surface area contributed by atoms with Crippen LogP contribution >= 0.6 is 15.9 Å². The van der Waals surface area contributed by atoms with Crippen LogP contribution in [0.5, 0.6) is 0 Å². The minimum Gasteiger partial charge on any atom is -0.378 e. The Hall–Kier alpha value is -1.85. The molecule has 1 N–H and O–H groups in total. The highest BCUT2D eigenvalue weighted by atomic mass is 79.9. The Bertz CT molecular complexity index is 667. The van der Waals surface area contributed by atoms with Crippen molar-refractivity contribution in [1.82, 2.24) is 5.32 Å². The second kappa shape index (κ2) is 7.62. The molecule has 1 fully saturated rings. The molecule has 23 heavy (non-hydrogen) atoms. The number of carbonyl (C=O) groups is 1. The van der Waals surface area contributed by atoms with Gasteiger partial charge in [-0.25, -0.2) is 0 Å². The van der Waals surface area contributed by atoms with Crippen LogP contribution in [-0.4, -0.2) is 32.2 Å². The van der Waals surface area contributed by atoms with E-state index in [0.29, 0.717) is 12.1 Å². The van der Waals surface area contributed by atoms with E-state index in [4.69, 9.17) is 4.74 Å². The number of morpholine rings is 1. The standard InChI is InChI=1S/C18H19BrN2O2/c19-16-7-5-14(6-8-16)18(22)20-13-15-3-1-2-4-17(15)21-9-11-23-12-10-21/h1-8H,9-13H2,(H,20,22). The van der Waals surface area contributed by atoms with Gasteiger partial charge in [0.2, 0.25) is 0 Å². The van der Waals surface area contributed by atoms with Crippen LogP contribution in [0.1, 0.15) is 15.9 Å². The van der Waals surface area contributed by atoms with Crippen molar-refractivity contribution in [3.63, 3.8) is 0 Å². The minimum absolute atomic E-state index is 0.0609. The number of carbonyl (C=O) groups excluding carboxylic acids is 1. The van der Waals surface area contributed by atoms with Crippen LogP contribution < -0.4 is 10.2 Å². The van der Waals surface area contributed by atoms with E-state index in [1.54, 1.807) is 0 Å². The summed E-state index contributed by atoms with van der Waals surface area (Å²) in [7, 11) is 0. The number of anilines is 1. The van der Waals surface area contributed by atoms with Gasteiger partial charge in [0.25, 0.3) is 5.91 Å². The van der Waals surface area contributed by atoms with Crippen molar-refractivity contribution < 1.29 is 9.53 Å². The number of hydrogen-bond donors (Lipinski definition) is 1. The van der Waals surface area contributed by atoms with Gasteiger partial charge in [0.05, 0.1) is 13.2 Å². The predicted molar refractivity (Wildman–Crippen MR) is 94.8 cm³/mol. The molecule has 1 amide bonds. The molecule has 2 aromatic carbocycles. The molecule has 0 saturated carbocycles. The molecule has 5 heteroatoms. The average molecular weight is 375 g/mol. The number of halogens is 1. The van der Waals surface area contributed by atoms with Gasteiger partial charge < -0.3 is 15.0 Å². The summed E-state index contributed by atoms with van der Waals surface area (Å²) in [5.41, 5.74) is 2.96. The Morgan fingerprint density at radius 1 is 1.09 bits per heavy atom. The maximum atomic E-state index is 12.3. The predicted octanol–water partition coefficient (Wildman–Crippen LogP) is 3.22. The molecule has 0 aliphatic carbocycles. The molecule has 4 nitrogen and oxygen atoms in total. The van der Waals surface area contributed by atoms with Gasteiger partial charge >= 0.3 is 0 Å². The number of benzene rings is 2. The van der Waals surface area contributed by atoms with Gasteiger partial charge in [-0.15, -0.1) is 0 Å². The lowest BCUT2D eigenvalue weighted by atomic mass is 10.1. The SMILES string of the molecule is O=C(NCc1ccccc1N1CCOCC1)c1ccc(Br)cc1. The van der Waals surface area contributed by atoms with Gasteiger partial charge in [0.1, 0.15) is 0 Å². The van der Waals surface area contributed by atoms with Crippen LogP contribution in [0.25, 0.3) is 0 Å². The molecular formula is C18H19BrN2O2. The van der Waals surface area contributed by atoms with Gasteiger partial charge in [0.15, 0.2) is 0 Å². The third-order valence-corrected chi connectivity index (χ3v) is 4.42. The molecule has 1 aliphatic heterocycles. The van der Waals surface area contributed by atoms with Gasteiger partial charge in [-0.3, -0.25) is 4.79 Å². The van der Waals surface area contributed by atoms with E-state index in [0.717, 1.165) is 36.3 Å². The normalized spacial score (nSPS) is 14.6. The fraction of sp³-hybridized carbons (Fsp3) is 0.278. The summed E-state index contributed by atoms with van der Waals surface area (Å²) in [6.45, 7) is 3.79. The van der Waals surface area contributed by atoms with Crippen molar-refractivity contribution in [2.45, 2.75) is 6.54 Å². The lowest BCUT2D eigenvalue weighted by Gasteiger charge is -2.30. The van der Waals surface area contributed by atoms with E-state index in [9.17, 15) is 4.79 Å². The number of rotatable bonds is 4. The first-order valence-electron chi connectivity index (χ1n) is 7.68. The monoisotopic (exact) mass is 374 g/mol. The first-order valence-corrected chi connectivity index (χ1v) is 8.48. The molecule has 120 valence electrons. The smallest absolute Gasteiger partial charge is 0.251 e. The highest BCUT2D eigenvalue weighted by molar-refractivity contribution is 9.10. The van der Waals surface area contributed by atoms with E-state index < -0.39 is 0 Å². The first-order chi connectivity index (χ1) is 11.2. The minimum atomic E-state index is -0.0609. The van der Waals surface area contributed by atoms with E-state index in [1.165, 1.54) is 5.69 Å². The van der Waals surface area contributed by atoms with Crippen molar-refractivity contribution >= 4 is 27.5 Å². The average Bonchev–Trinajstić information content (AvgIpc) is 2.61. The van der Waals surface area contributed by atoms with Crippen LogP contribution in [0.2, 0.25) is 0 Å².